The van der Waals surface area contributed by atoms with Gasteiger partial charge < -0.3 is 13.9 Å². The maximum atomic E-state index is 10.6. The molecule has 12 aromatic rings. The topological polar surface area (TPSA) is 35.9 Å². The van der Waals surface area contributed by atoms with E-state index in [1.165, 1.54) is 5.56 Å². The van der Waals surface area contributed by atoms with Crippen molar-refractivity contribution in [2.24, 2.45) is 0 Å². The Labute approximate surface area is 527 Å². The van der Waals surface area contributed by atoms with Gasteiger partial charge in [-0.2, -0.15) is 18.2 Å². The first-order chi connectivity index (χ1) is 42.4. The van der Waals surface area contributed by atoms with Crippen LogP contribution in [-0.4, -0.2) is 14.1 Å². The largest absolute Gasteiger partial charge is 0.510 e. The molecule has 0 radical (unpaired) electrons. The first-order valence-corrected chi connectivity index (χ1v) is 30.2. The van der Waals surface area contributed by atoms with Crippen molar-refractivity contribution in [3.05, 3.63) is 234 Å². The molecule has 15 rings (SSSR count). The van der Waals surface area contributed by atoms with E-state index in [9.17, 15) is 5.48 Å². The molecule has 430 valence electrons. The van der Waals surface area contributed by atoms with Gasteiger partial charge in [0.05, 0.1) is 22.2 Å². The molecule has 1 aliphatic heterocycles. The summed E-state index contributed by atoms with van der Waals surface area (Å²) in [6.45, 7) is 24.7. The average molecular weight is 1300 g/mol. The monoisotopic (exact) mass is 1300 g/mol. The number of rotatable bonds is 6. The molecule has 0 spiro atoms. The van der Waals surface area contributed by atoms with E-state index in [0.29, 0.717) is 57.7 Å². The van der Waals surface area contributed by atoms with Gasteiger partial charge in [0, 0.05) is 49.8 Å². The van der Waals surface area contributed by atoms with Crippen LogP contribution in [0.5, 0.6) is 11.5 Å². The Kier molecular flexibility index (Phi) is 11.9. The smallest absolute Gasteiger partial charge is 0.268 e. The van der Waals surface area contributed by atoms with Gasteiger partial charge in [0.2, 0.25) is 0 Å². The summed E-state index contributed by atoms with van der Waals surface area (Å²) in [4.78, 5) is 4.92. The van der Waals surface area contributed by atoms with E-state index in [-0.39, 0.29) is 54.2 Å². The van der Waals surface area contributed by atoms with Crippen molar-refractivity contribution in [3.63, 3.8) is 0 Å². The number of nitrogens with zero attached hydrogens (tertiary/aromatic N) is 4. The second-order valence-corrected chi connectivity index (χ2v) is 27.7. The summed E-state index contributed by atoms with van der Waals surface area (Å²) in [5.74, 6) is 1.82. The summed E-state index contributed by atoms with van der Waals surface area (Å²) in [5, 5.41) is 2.14. The van der Waals surface area contributed by atoms with Crippen molar-refractivity contribution in [1.29, 1.82) is 0 Å². The zero-order valence-corrected chi connectivity index (χ0v) is 53.2. The number of para-hydroxylation sites is 2. The molecule has 0 saturated heterocycles. The van der Waals surface area contributed by atoms with Crippen LogP contribution in [0.1, 0.15) is 135 Å². The summed E-state index contributed by atoms with van der Waals surface area (Å²) in [6.07, 6.45) is 9.58. The molecule has 86 heavy (non-hydrogen) atoms. The molecule has 5 nitrogen and oxygen atoms in total. The molecule has 4 heterocycles. The summed E-state index contributed by atoms with van der Waals surface area (Å²) in [6, 6.07) is 63.1. The van der Waals surface area contributed by atoms with Crippen molar-refractivity contribution >= 4 is 32.8 Å². The number of aromatic nitrogens is 4. The standard InChI is InChI=1S/C80H72N4O.Pt/c1-76(2,3)52-38-43-81-72(46-52)84-69-28-17-16-25-61(69)62-33-32-55(48-71(62)84)85-54-21-18-20-53(47-54)82-49-83-74-64(27-19-29-70(74)82)60-24-13-12-22-58(60)59-23-14-15-26-63(59)73-56(50-30-36-65-67(44-50)79(8,9)41-39-77(65,4)5)34-35-57(75(73)83)51-31-37-66-68(45-51)80(10,11)42-40-78(66,6)7;/h12-38,43-46H,39-42H2,1-11H3;/q-2;/i30D,31D,44D,45D;. The number of benzene rings is 9. The molecule has 2 aliphatic carbocycles. The Balaban J connectivity index is 0.00000707. The molecular formula is C80H72N4OPt-2. The molecule has 6 heteroatoms. The van der Waals surface area contributed by atoms with Crippen LogP contribution in [0.25, 0.3) is 106 Å². The van der Waals surface area contributed by atoms with Gasteiger partial charge in [0.15, 0.2) is 0 Å². The van der Waals surface area contributed by atoms with Crippen LogP contribution in [0.4, 0.5) is 0 Å². The molecule has 9 aromatic carbocycles. The van der Waals surface area contributed by atoms with E-state index in [1.54, 1.807) is 0 Å². The summed E-state index contributed by atoms with van der Waals surface area (Å²) >= 11 is 0. The van der Waals surface area contributed by atoms with Gasteiger partial charge in [-0.3, -0.25) is 4.57 Å². The van der Waals surface area contributed by atoms with Crippen LogP contribution in [0.3, 0.4) is 0 Å². The van der Waals surface area contributed by atoms with Crippen LogP contribution in [0, 0.1) is 18.5 Å². The predicted molar refractivity (Wildman–Crippen MR) is 350 cm³/mol. The van der Waals surface area contributed by atoms with Gasteiger partial charge in [-0.15, -0.1) is 29.7 Å². The normalized spacial score (nSPS) is 16.6. The molecule has 0 fully saturated rings. The Morgan fingerprint density at radius 3 is 1.74 bits per heavy atom. The first kappa shape index (κ1) is 51.1. The van der Waals surface area contributed by atoms with Crippen LogP contribution < -0.4 is 9.30 Å². The van der Waals surface area contributed by atoms with Gasteiger partial charge in [-0.05, 0) is 160 Å². The Hall–Kier alpha value is -8.11. The molecule has 0 saturated carbocycles. The van der Waals surface area contributed by atoms with Crippen molar-refractivity contribution in [1.82, 2.24) is 14.1 Å². The van der Waals surface area contributed by atoms with E-state index in [2.05, 4.69) is 230 Å². The first-order valence-electron chi connectivity index (χ1n) is 32.2. The van der Waals surface area contributed by atoms with E-state index in [0.717, 1.165) is 126 Å². The van der Waals surface area contributed by atoms with Crippen molar-refractivity contribution in [2.45, 2.75) is 129 Å². The maximum absolute atomic E-state index is 10.6. The van der Waals surface area contributed by atoms with Crippen LogP contribution in [0.2, 0.25) is 0 Å². The molecule has 3 aliphatic rings. The minimum atomic E-state index is -0.336. The van der Waals surface area contributed by atoms with Gasteiger partial charge in [-0.25, -0.2) is 4.98 Å². The molecular weight excluding hydrogens is 1230 g/mol. The summed E-state index contributed by atoms with van der Waals surface area (Å²) < 4.78 is 54.8. The Bertz CT molecular complexity index is 5000. The zero-order chi connectivity index (χ0) is 62.0. The Morgan fingerprint density at radius 2 is 1.07 bits per heavy atom. The quantitative estimate of drug-likeness (QED) is 0.123. The van der Waals surface area contributed by atoms with E-state index < -0.39 is 0 Å². The number of hydrogen-bond donors (Lipinski definition) is 0. The van der Waals surface area contributed by atoms with E-state index in [1.807, 2.05) is 42.6 Å². The van der Waals surface area contributed by atoms with Crippen LogP contribution >= 0.6 is 0 Å². The number of ether oxygens (including phenoxy) is 1. The number of fused-ring (bicyclic) bond motifs is 12. The van der Waals surface area contributed by atoms with Crippen molar-refractivity contribution in [3.8, 4) is 84.3 Å². The van der Waals surface area contributed by atoms with Gasteiger partial charge in [0.25, 0.3) is 6.33 Å². The van der Waals surface area contributed by atoms with E-state index >= 15 is 0 Å². The van der Waals surface area contributed by atoms with Crippen molar-refractivity contribution in [2.75, 3.05) is 0 Å². The fourth-order valence-electron chi connectivity index (χ4n) is 14.1. The third-order valence-electron chi connectivity index (χ3n) is 19.3. The fourth-order valence-corrected chi connectivity index (χ4v) is 14.1. The second-order valence-electron chi connectivity index (χ2n) is 27.7. The van der Waals surface area contributed by atoms with Crippen LogP contribution in [-0.2, 0) is 48.1 Å². The minimum absolute atomic E-state index is 0. The second kappa shape index (κ2) is 20.0. The predicted octanol–water partition coefficient (Wildman–Crippen LogP) is 20.2. The zero-order valence-electron chi connectivity index (χ0n) is 54.9. The average Bonchev–Trinajstić information content (AvgIpc) is 1.15. The summed E-state index contributed by atoms with van der Waals surface area (Å²) in [5.41, 5.74) is 17.2. The van der Waals surface area contributed by atoms with E-state index in [4.69, 9.17) is 9.72 Å². The third kappa shape index (κ3) is 8.88. The molecule has 0 amide bonds. The number of imidazole rings is 1. The Morgan fingerprint density at radius 1 is 0.523 bits per heavy atom. The maximum Gasteiger partial charge on any atom is 0.268 e. The molecule has 0 N–H and O–H groups in total. The van der Waals surface area contributed by atoms with Crippen molar-refractivity contribution < 1.29 is 35.9 Å². The molecule has 3 aromatic heterocycles. The fraction of sp³-hybridized carbons (Fsp3) is 0.250. The van der Waals surface area contributed by atoms with Crippen LogP contribution in [0.15, 0.2) is 188 Å². The minimum Gasteiger partial charge on any atom is -0.510 e. The molecule has 0 unspecified atom stereocenters. The van der Waals surface area contributed by atoms with Gasteiger partial charge >= 0.3 is 0 Å². The molecule has 0 atom stereocenters. The SMILES string of the molecule is [2H]c1cc2c(c([2H])c1-c1ccc(-c3c([2H])cc4c(c3[2H])C(C)(C)CCC4(C)C)c3c1-c1ccccc1-c1ccccc1-c1cccc4c1[n+]-3[c-]n4-c1[c-]c(Oc3[c-]c4c(cc3)c3ccccc3n4-c3cc(C(C)(C)C)ccn3)ccc1)C(C)(C)CCC2(C)C.[Pt]. The number of hydrogen-bond acceptors (Lipinski definition) is 2. The molecule has 0 bridgehead atoms. The van der Waals surface area contributed by atoms with Gasteiger partial charge in [-0.1, -0.05) is 215 Å². The van der Waals surface area contributed by atoms with Gasteiger partial charge in [0.1, 0.15) is 5.82 Å². The third-order valence-corrected chi connectivity index (χ3v) is 19.3. The summed E-state index contributed by atoms with van der Waals surface area (Å²) in [7, 11) is 0. The number of pyridine rings is 1.